The first-order valence-corrected chi connectivity index (χ1v) is 7.90. The average molecular weight is 325 g/mol. The van der Waals surface area contributed by atoms with Crippen LogP contribution in [0.25, 0.3) is 0 Å². The van der Waals surface area contributed by atoms with Gasteiger partial charge >= 0.3 is 6.09 Å². The maximum atomic E-state index is 11.3. The molecule has 0 atom stereocenters. The van der Waals surface area contributed by atoms with Gasteiger partial charge in [-0.3, -0.25) is 4.99 Å². The van der Waals surface area contributed by atoms with Crippen molar-refractivity contribution in [3.63, 3.8) is 0 Å². The number of aromatic nitrogens is 1. The molecule has 5 heteroatoms. The Labute approximate surface area is 142 Å². The average Bonchev–Trinajstić information content (AvgIpc) is 2.85. The number of aliphatic imine (C=N–C) groups is 2. The van der Waals surface area contributed by atoms with Crippen molar-refractivity contribution >= 4 is 24.2 Å². The molecule has 0 radical (unpaired) electrons. The summed E-state index contributed by atoms with van der Waals surface area (Å²) in [4.78, 5) is 19.7. The minimum Gasteiger partial charge on any atom is -0.448 e. The van der Waals surface area contributed by atoms with E-state index in [-0.39, 0.29) is 0 Å². The number of aryl methyl sites for hydroxylation is 3. The Morgan fingerprint density at radius 2 is 1.71 bits per heavy atom. The monoisotopic (exact) mass is 325 g/mol. The lowest BCUT2D eigenvalue weighted by Gasteiger charge is -2.06. The third kappa shape index (κ3) is 4.19. The van der Waals surface area contributed by atoms with Crippen LogP contribution < -0.4 is 0 Å². The first kappa shape index (κ1) is 17.7. The lowest BCUT2D eigenvalue weighted by atomic mass is 10.1. The molecule has 0 bridgehead atoms. The maximum Gasteiger partial charge on any atom is 0.433 e. The lowest BCUT2D eigenvalue weighted by Crippen LogP contribution is -2.02. The Morgan fingerprint density at radius 1 is 1.12 bits per heavy atom. The molecule has 1 aromatic heterocycles. The highest BCUT2D eigenvalue weighted by Gasteiger charge is 2.04. The van der Waals surface area contributed by atoms with Crippen molar-refractivity contribution < 1.29 is 9.53 Å². The summed E-state index contributed by atoms with van der Waals surface area (Å²) in [6, 6.07) is 8.08. The van der Waals surface area contributed by atoms with Crippen LogP contribution in [0.4, 0.5) is 10.5 Å². The van der Waals surface area contributed by atoms with Crippen LogP contribution in [0.5, 0.6) is 0 Å². The van der Waals surface area contributed by atoms with E-state index in [0.717, 1.165) is 28.2 Å². The van der Waals surface area contributed by atoms with Crippen molar-refractivity contribution in [1.82, 2.24) is 4.57 Å². The number of benzene rings is 1. The zero-order valence-corrected chi connectivity index (χ0v) is 14.8. The predicted molar refractivity (Wildman–Crippen MR) is 97.9 cm³/mol. The van der Waals surface area contributed by atoms with Gasteiger partial charge in [-0.25, -0.2) is 4.79 Å². The highest BCUT2D eigenvalue weighted by molar-refractivity contribution is 5.90. The smallest absolute Gasteiger partial charge is 0.433 e. The molecule has 0 saturated heterocycles. The molecule has 2 rings (SSSR count). The van der Waals surface area contributed by atoms with Crippen LogP contribution in [0.2, 0.25) is 0 Å². The Bertz CT molecular complexity index is 778. The fourth-order valence-corrected chi connectivity index (χ4v) is 2.59. The van der Waals surface area contributed by atoms with E-state index in [1.54, 1.807) is 6.92 Å². The third-order valence-corrected chi connectivity index (χ3v) is 3.73. The molecule has 1 amide bonds. The SMILES string of the molecule is CCOC(=O)/N=C/c1ccc(C=Nc2c(C)cc(C)cc2C)n1C. The van der Waals surface area contributed by atoms with E-state index < -0.39 is 6.09 Å². The molecule has 0 aliphatic carbocycles. The number of carbonyl (C=O) groups is 1. The predicted octanol–water partition coefficient (Wildman–Crippen LogP) is 4.28. The number of ether oxygens (including phenoxy) is 1. The van der Waals surface area contributed by atoms with E-state index in [2.05, 4.69) is 42.9 Å². The van der Waals surface area contributed by atoms with Gasteiger partial charge in [0.25, 0.3) is 0 Å². The molecule has 24 heavy (non-hydrogen) atoms. The Kier molecular flexibility index (Phi) is 5.68. The van der Waals surface area contributed by atoms with E-state index in [9.17, 15) is 4.79 Å². The van der Waals surface area contributed by atoms with Crippen molar-refractivity contribution in [3.8, 4) is 0 Å². The van der Waals surface area contributed by atoms with E-state index in [1.165, 1.54) is 11.8 Å². The number of carbonyl (C=O) groups excluding carboxylic acids is 1. The minimum atomic E-state index is -0.583. The molecule has 126 valence electrons. The summed E-state index contributed by atoms with van der Waals surface area (Å²) in [7, 11) is 1.91. The molecule has 1 heterocycles. The zero-order valence-electron chi connectivity index (χ0n) is 14.8. The topological polar surface area (TPSA) is 55.9 Å². The summed E-state index contributed by atoms with van der Waals surface area (Å²) >= 11 is 0. The van der Waals surface area contributed by atoms with Gasteiger partial charge in [0, 0.05) is 7.05 Å². The van der Waals surface area contributed by atoms with Gasteiger partial charge < -0.3 is 9.30 Å². The van der Waals surface area contributed by atoms with Crippen LogP contribution in [-0.2, 0) is 11.8 Å². The van der Waals surface area contributed by atoms with E-state index in [4.69, 9.17) is 4.74 Å². The number of amides is 1. The second-order valence-corrected chi connectivity index (χ2v) is 5.70. The Morgan fingerprint density at radius 3 is 2.29 bits per heavy atom. The molecule has 5 nitrogen and oxygen atoms in total. The fraction of sp³-hybridized carbons (Fsp3) is 0.316. The highest BCUT2D eigenvalue weighted by Crippen LogP contribution is 2.24. The first-order valence-electron chi connectivity index (χ1n) is 7.90. The van der Waals surface area contributed by atoms with Crippen molar-refractivity contribution in [3.05, 3.63) is 52.3 Å². The molecule has 0 unspecified atom stereocenters. The quantitative estimate of drug-likeness (QED) is 0.788. The second kappa shape index (κ2) is 7.73. The molecule has 0 N–H and O–H groups in total. The molecule has 0 fully saturated rings. The molecule has 2 aromatic rings. The molecule has 1 aromatic carbocycles. The van der Waals surface area contributed by atoms with E-state index in [0.29, 0.717) is 6.61 Å². The van der Waals surface area contributed by atoms with Gasteiger partial charge in [-0.1, -0.05) is 17.7 Å². The van der Waals surface area contributed by atoms with Crippen LogP contribution in [0.1, 0.15) is 35.0 Å². The van der Waals surface area contributed by atoms with Gasteiger partial charge in [0.1, 0.15) is 0 Å². The molecular weight excluding hydrogens is 302 g/mol. The van der Waals surface area contributed by atoms with Crippen molar-refractivity contribution in [1.29, 1.82) is 0 Å². The van der Waals surface area contributed by atoms with Crippen LogP contribution in [-0.4, -0.2) is 29.7 Å². The van der Waals surface area contributed by atoms with Crippen LogP contribution in [0.15, 0.2) is 34.3 Å². The molecule has 0 aliphatic heterocycles. The number of hydrogen-bond acceptors (Lipinski definition) is 3. The van der Waals surface area contributed by atoms with Crippen LogP contribution in [0.3, 0.4) is 0 Å². The third-order valence-electron chi connectivity index (χ3n) is 3.73. The molecular formula is C19H23N3O2. The summed E-state index contributed by atoms with van der Waals surface area (Å²) in [5.74, 6) is 0. The Balaban J connectivity index is 2.22. The number of hydrogen-bond donors (Lipinski definition) is 0. The van der Waals surface area contributed by atoms with Crippen molar-refractivity contribution in [2.24, 2.45) is 17.0 Å². The van der Waals surface area contributed by atoms with Gasteiger partial charge in [0.2, 0.25) is 0 Å². The summed E-state index contributed by atoms with van der Waals surface area (Å²) in [5, 5.41) is 0. The Hall–Kier alpha value is -2.69. The lowest BCUT2D eigenvalue weighted by molar-refractivity contribution is 0.163. The van der Waals surface area contributed by atoms with Gasteiger partial charge in [0.15, 0.2) is 0 Å². The molecule has 0 aliphatic rings. The molecule has 0 spiro atoms. The largest absolute Gasteiger partial charge is 0.448 e. The van der Waals surface area contributed by atoms with E-state index >= 15 is 0 Å². The first-order chi connectivity index (χ1) is 11.4. The van der Waals surface area contributed by atoms with Crippen LogP contribution >= 0.6 is 0 Å². The summed E-state index contributed by atoms with van der Waals surface area (Å²) < 4.78 is 6.70. The van der Waals surface area contributed by atoms with E-state index in [1.807, 2.05) is 30.0 Å². The standard InChI is InChI=1S/C19H23N3O2/c1-6-24-19(23)21-12-17-8-7-16(22(17)5)11-20-18-14(3)9-13(2)10-15(18)4/h7-12H,6H2,1-5H3/b20-11?,21-12+. The highest BCUT2D eigenvalue weighted by atomic mass is 16.5. The van der Waals surface area contributed by atoms with Gasteiger partial charge in [0.05, 0.1) is 36.1 Å². The normalized spacial score (nSPS) is 11.5. The summed E-state index contributed by atoms with van der Waals surface area (Å²) in [5.41, 5.74) is 6.27. The van der Waals surface area contributed by atoms with Crippen molar-refractivity contribution in [2.45, 2.75) is 27.7 Å². The van der Waals surface area contributed by atoms with Gasteiger partial charge in [-0.05, 0) is 51.0 Å². The van der Waals surface area contributed by atoms with Gasteiger partial charge in [-0.2, -0.15) is 4.99 Å². The molecule has 0 saturated carbocycles. The second-order valence-electron chi connectivity index (χ2n) is 5.70. The van der Waals surface area contributed by atoms with Crippen LogP contribution in [0, 0.1) is 20.8 Å². The fourth-order valence-electron chi connectivity index (χ4n) is 2.59. The summed E-state index contributed by atoms with van der Waals surface area (Å²) in [6.07, 6.45) is 2.74. The zero-order chi connectivity index (χ0) is 17.7. The minimum absolute atomic E-state index is 0.316. The maximum absolute atomic E-state index is 11.3. The number of nitrogens with zero attached hydrogens (tertiary/aromatic N) is 3. The number of rotatable bonds is 4. The van der Waals surface area contributed by atoms with Gasteiger partial charge in [-0.15, -0.1) is 0 Å². The van der Waals surface area contributed by atoms with Crippen molar-refractivity contribution in [2.75, 3.05) is 6.61 Å². The summed E-state index contributed by atoms with van der Waals surface area (Å²) in [6.45, 7) is 8.28.